The summed E-state index contributed by atoms with van der Waals surface area (Å²) in [7, 11) is 0. The van der Waals surface area contributed by atoms with Gasteiger partial charge >= 0.3 is 0 Å². The molecule has 2 aromatic heterocycles. The van der Waals surface area contributed by atoms with Crippen LogP contribution in [-0.4, -0.2) is 15.0 Å². The number of pyridine rings is 1. The minimum absolute atomic E-state index is 0.120. The molecule has 0 aliphatic heterocycles. The average Bonchev–Trinajstić information content (AvgIpc) is 2.26. The van der Waals surface area contributed by atoms with Crippen molar-refractivity contribution in [3.8, 4) is 11.5 Å². The summed E-state index contributed by atoms with van der Waals surface area (Å²) in [5.41, 5.74) is 2.36. The Morgan fingerprint density at radius 1 is 1.31 bits per heavy atom. The van der Waals surface area contributed by atoms with E-state index in [4.69, 9.17) is 0 Å². The van der Waals surface area contributed by atoms with Crippen molar-refractivity contribution >= 4 is 22.6 Å². The highest BCUT2D eigenvalue weighted by molar-refractivity contribution is 14.1. The lowest BCUT2D eigenvalue weighted by atomic mass is 10.2. The van der Waals surface area contributed by atoms with Crippen LogP contribution in [0.1, 0.15) is 11.3 Å². The van der Waals surface area contributed by atoms with Gasteiger partial charge in [-0.25, -0.2) is 4.98 Å². The number of nitrogens with one attached hydrogen (secondary N) is 1. The third kappa shape index (κ3) is 2.13. The Labute approximate surface area is 106 Å². The molecule has 82 valence electrons. The van der Waals surface area contributed by atoms with Gasteiger partial charge in [0, 0.05) is 6.20 Å². The molecular weight excluding hydrogens is 317 g/mol. The number of halogens is 1. The molecule has 2 aromatic rings. The van der Waals surface area contributed by atoms with Crippen molar-refractivity contribution in [3.63, 3.8) is 0 Å². The molecule has 0 aliphatic carbocycles. The Balaban J connectivity index is 2.57. The van der Waals surface area contributed by atoms with E-state index in [1.54, 1.807) is 6.20 Å². The van der Waals surface area contributed by atoms with Crippen molar-refractivity contribution in [2.75, 3.05) is 0 Å². The molecule has 0 aromatic carbocycles. The molecule has 2 rings (SSSR count). The van der Waals surface area contributed by atoms with Gasteiger partial charge in [0.05, 0.1) is 9.26 Å². The fourth-order valence-electron chi connectivity index (χ4n) is 1.30. The van der Waals surface area contributed by atoms with Crippen LogP contribution in [0.5, 0.6) is 0 Å². The zero-order chi connectivity index (χ0) is 11.7. The van der Waals surface area contributed by atoms with Gasteiger partial charge in [0.1, 0.15) is 5.69 Å². The summed E-state index contributed by atoms with van der Waals surface area (Å²) in [5.74, 6) is 0.517. The fraction of sp³-hybridized carbons (Fsp3) is 0.182. The Morgan fingerprint density at radius 2 is 2.06 bits per heavy atom. The van der Waals surface area contributed by atoms with E-state index in [2.05, 4.69) is 15.0 Å². The monoisotopic (exact) mass is 327 g/mol. The molecule has 2 heterocycles. The van der Waals surface area contributed by atoms with E-state index < -0.39 is 0 Å². The first kappa shape index (κ1) is 11.3. The van der Waals surface area contributed by atoms with E-state index >= 15 is 0 Å². The Morgan fingerprint density at radius 3 is 2.62 bits per heavy atom. The summed E-state index contributed by atoms with van der Waals surface area (Å²) in [4.78, 5) is 22.8. The Hall–Kier alpha value is -1.24. The summed E-state index contributed by atoms with van der Waals surface area (Å²) in [6.07, 6.45) is 1.75. The summed E-state index contributed by atoms with van der Waals surface area (Å²) in [6, 6.07) is 3.79. The second-order valence-corrected chi connectivity index (χ2v) is 4.61. The molecule has 0 saturated carbocycles. The van der Waals surface area contributed by atoms with Gasteiger partial charge in [-0.1, -0.05) is 6.07 Å². The minimum atomic E-state index is -0.120. The van der Waals surface area contributed by atoms with Crippen molar-refractivity contribution in [2.45, 2.75) is 13.8 Å². The van der Waals surface area contributed by atoms with E-state index in [-0.39, 0.29) is 5.56 Å². The van der Waals surface area contributed by atoms with Crippen molar-refractivity contribution in [2.24, 2.45) is 0 Å². The zero-order valence-corrected chi connectivity index (χ0v) is 11.1. The molecule has 16 heavy (non-hydrogen) atoms. The van der Waals surface area contributed by atoms with Crippen LogP contribution in [0.3, 0.4) is 0 Å². The maximum Gasteiger partial charge on any atom is 0.264 e. The molecule has 0 radical (unpaired) electrons. The van der Waals surface area contributed by atoms with Crippen LogP contribution >= 0.6 is 22.6 Å². The van der Waals surface area contributed by atoms with Gasteiger partial charge in [-0.3, -0.25) is 9.78 Å². The standard InChI is InChI=1S/C11H10IN3O/c1-6-3-4-8(13-5-6)10-14-7(2)9(12)11(16)15-10/h3-5H,1-2H3,(H,14,15,16). The molecule has 0 aliphatic rings. The van der Waals surface area contributed by atoms with E-state index in [0.717, 1.165) is 11.3 Å². The maximum absolute atomic E-state index is 11.6. The molecule has 0 spiro atoms. The summed E-state index contributed by atoms with van der Waals surface area (Å²) >= 11 is 1.98. The fourth-order valence-corrected chi connectivity index (χ4v) is 1.56. The topological polar surface area (TPSA) is 58.6 Å². The first-order chi connectivity index (χ1) is 7.58. The largest absolute Gasteiger partial charge is 0.304 e. The number of aromatic amines is 1. The van der Waals surface area contributed by atoms with Crippen LogP contribution in [0.15, 0.2) is 23.1 Å². The Kier molecular flexibility index (Phi) is 3.04. The van der Waals surface area contributed by atoms with Crippen molar-refractivity contribution in [3.05, 3.63) is 43.5 Å². The lowest BCUT2D eigenvalue weighted by Crippen LogP contribution is -2.14. The first-order valence-corrected chi connectivity index (χ1v) is 5.85. The lowest BCUT2D eigenvalue weighted by Gasteiger charge is -2.02. The second-order valence-electron chi connectivity index (χ2n) is 3.53. The predicted molar refractivity (Wildman–Crippen MR) is 70.3 cm³/mol. The third-order valence-corrected chi connectivity index (χ3v) is 3.45. The SMILES string of the molecule is Cc1ccc(-c2nc(C)c(I)c(=O)[nH]2)nc1. The van der Waals surface area contributed by atoms with Gasteiger partial charge in [0.2, 0.25) is 0 Å². The molecule has 0 saturated heterocycles. The minimum Gasteiger partial charge on any atom is -0.304 e. The van der Waals surface area contributed by atoms with Crippen LogP contribution in [0, 0.1) is 17.4 Å². The van der Waals surface area contributed by atoms with Crippen LogP contribution in [0.2, 0.25) is 0 Å². The number of hydrogen-bond donors (Lipinski definition) is 1. The molecule has 0 atom stereocenters. The highest BCUT2D eigenvalue weighted by atomic mass is 127. The van der Waals surface area contributed by atoms with Gasteiger partial charge in [0.15, 0.2) is 5.82 Å². The van der Waals surface area contributed by atoms with Crippen LogP contribution < -0.4 is 5.56 Å². The van der Waals surface area contributed by atoms with Crippen molar-refractivity contribution in [1.29, 1.82) is 0 Å². The van der Waals surface area contributed by atoms with Crippen LogP contribution in [0.25, 0.3) is 11.5 Å². The quantitative estimate of drug-likeness (QED) is 0.816. The molecule has 4 nitrogen and oxygen atoms in total. The first-order valence-electron chi connectivity index (χ1n) is 4.77. The molecule has 0 amide bonds. The molecule has 0 fully saturated rings. The highest BCUT2D eigenvalue weighted by Crippen LogP contribution is 2.12. The maximum atomic E-state index is 11.6. The second kappa shape index (κ2) is 4.32. The van der Waals surface area contributed by atoms with Crippen molar-refractivity contribution < 1.29 is 0 Å². The molecule has 1 N–H and O–H groups in total. The van der Waals surface area contributed by atoms with Gasteiger partial charge in [-0.15, -0.1) is 0 Å². The van der Waals surface area contributed by atoms with Crippen molar-refractivity contribution in [1.82, 2.24) is 15.0 Å². The smallest absolute Gasteiger partial charge is 0.264 e. The van der Waals surface area contributed by atoms with Gasteiger partial charge in [-0.05, 0) is 48.1 Å². The average molecular weight is 327 g/mol. The third-order valence-electron chi connectivity index (χ3n) is 2.18. The number of nitrogens with zero attached hydrogens (tertiary/aromatic N) is 2. The van der Waals surface area contributed by atoms with Crippen LogP contribution in [-0.2, 0) is 0 Å². The van der Waals surface area contributed by atoms with Crippen LogP contribution in [0.4, 0.5) is 0 Å². The summed E-state index contributed by atoms with van der Waals surface area (Å²) < 4.78 is 0.619. The molecule has 5 heteroatoms. The molecule has 0 unspecified atom stereocenters. The Bertz CT molecular complexity index is 575. The van der Waals surface area contributed by atoms with E-state index in [9.17, 15) is 4.79 Å². The van der Waals surface area contributed by atoms with Gasteiger partial charge in [0.25, 0.3) is 5.56 Å². The van der Waals surface area contributed by atoms with Gasteiger partial charge in [-0.2, -0.15) is 0 Å². The summed E-state index contributed by atoms with van der Waals surface area (Å²) in [6.45, 7) is 3.78. The number of aryl methyl sites for hydroxylation is 2. The number of hydrogen-bond acceptors (Lipinski definition) is 3. The van der Waals surface area contributed by atoms with E-state index in [1.165, 1.54) is 0 Å². The number of aromatic nitrogens is 3. The highest BCUT2D eigenvalue weighted by Gasteiger charge is 2.07. The van der Waals surface area contributed by atoms with E-state index in [0.29, 0.717) is 15.1 Å². The normalized spacial score (nSPS) is 10.4. The molecule has 0 bridgehead atoms. The summed E-state index contributed by atoms with van der Waals surface area (Å²) in [5, 5.41) is 0. The molecular formula is C11H10IN3O. The number of rotatable bonds is 1. The lowest BCUT2D eigenvalue weighted by molar-refractivity contribution is 1.03. The van der Waals surface area contributed by atoms with E-state index in [1.807, 2.05) is 48.6 Å². The number of H-pyrrole nitrogens is 1. The van der Waals surface area contributed by atoms with Gasteiger partial charge < -0.3 is 4.98 Å². The zero-order valence-electron chi connectivity index (χ0n) is 8.91. The predicted octanol–water partition coefficient (Wildman–Crippen LogP) is 2.05.